The van der Waals surface area contributed by atoms with Crippen LogP contribution in [0.4, 0.5) is 0 Å². The van der Waals surface area contributed by atoms with Crippen LogP contribution < -0.4 is 5.32 Å². The van der Waals surface area contributed by atoms with Crippen LogP contribution in [0.25, 0.3) is 0 Å². The Morgan fingerprint density at radius 1 is 1.67 bits per heavy atom. The molecule has 0 saturated heterocycles. The van der Waals surface area contributed by atoms with E-state index in [9.17, 15) is 4.79 Å². The van der Waals surface area contributed by atoms with E-state index in [0.29, 0.717) is 6.54 Å². The fourth-order valence-corrected chi connectivity index (χ4v) is 1.12. The van der Waals surface area contributed by atoms with Crippen LogP contribution in [-0.4, -0.2) is 28.6 Å². The van der Waals surface area contributed by atoms with E-state index in [1.165, 1.54) is 0 Å². The van der Waals surface area contributed by atoms with Crippen LogP contribution in [0.15, 0.2) is 17.4 Å². The van der Waals surface area contributed by atoms with Crippen LogP contribution in [-0.2, 0) is 4.79 Å². The molecule has 0 fully saturated rings. The van der Waals surface area contributed by atoms with Gasteiger partial charge in [-0.15, -0.1) is 0 Å². The molecule has 1 unspecified atom stereocenters. The average Bonchev–Trinajstić information content (AvgIpc) is 2.75. The average molecular weight is 163 g/mol. The summed E-state index contributed by atoms with van der Waals surface area (Å²) in [5, 5.41) is 2.81. The highest BCUT2D eigenvalue weighted by atomic mass is 16.1. The number of nitrogens with one attached hydrogen (secondary N) is 2. The molecule has 2 N–H and O–H groups in total. The maximum absolute atomic E-state index is 10.2. The third-order valence-corrected chi connectivity index (χ3v) is 1.68. The van der Waals surface area contributed by atoms with Crippen molar-refractivity contribution >= 4 is 12.1 Å². The van der Waals surface area contributed by atoms with Gasteiger partial charge in [0.05, 0.1) is 0 Å². The molecule has 0 saturated carbocycles. The lowest BCUT2D eigenvalue weighted by atomic mass is 10.3. The molecule has 12 heavy (non-hydrogen) atoms. The minimum absolute atomic E-state index is 0.0727. The summed E-state index contributed by atoms with van der Waals surface area (Å²) in [6.45, 7) is 0.609. The van der Waals surface area contributed by atoms with Crippen molar-refractivity contribution in [3.63, 3.8) is 0 Å². The number of aromatic amines is 1. The van der Waals surface area contributed by atoms with Crippen LogP contribution in [0.2, 0.25) is 0 Å². The smallest absolute Gasteiger partial charge is 0.271 e. The number of hydrogen-bond donors (Lipinski definition) is 2. The molecular formula is C7H7N4O. The van der Waals surface area contributed by atoms with Crippen molar-refractivity contribution in [2.75, 3.05) is 6.54 Å². The van der Waals surface area contributed by atoms with Crippen molar-refractivity contribution in [3.8, 4) is 0 Å². The van der Waals surface area contributed by atoms with E-state index in [1.54, 1.807) is 18.7 Å². The molecule has 0 aliphatic carbocycles. The number of aromatic nitrogens is 2. The van der Waals surface area contributed by atoms with Crippen LogP contribution >= 0.6 is 0 Å². The van der Waals surface area contributed by atoms with Crippen molar-refractivity contribution in [1.29, 1.82) is 0 Å². The van der Waals surface area contributed by atoms with Gasteiger partial charge in [-0.25, -0.2) is 4.98 Å². The van der Waals surface area contributed by atoms with Crippen molar-refractivity contribution in [2.24, 2.45) is 4.99 Å². The standard InChI is InChI=1S/C7H7N4O/c12-4-6-10-3-5(11-6)7-8-1-2-9-7/h1-2,5H,3H2,(H,8,9)(H,10,11). The second-order valence-corrected chi connectivity index (χ2v) is 2.45. The molecular weight excluding hydrogens is 156 g/mol. The zero-order valence-corrected chi connectivity index (χ0v) is 6.24. The lowest BCUT2D eigenvalue weighted by molar-refractivity contribution is 0.566. The minimum atomic E-state index is -0.0727. The van der Waals surface area contributed by atoms with Crippen LogP contribution in [0.5, 0.6) is 0 Å². The summed E-state index contributed by atoms with van der Waals surface area (Å²) in [6, 6.07) is -0.0727. The first kappa shape index (κ1) is 7.02. The maximum atomic E-state index is 10.2. The highest BCUT2D eigenvalue weighted by Gasteiger charge is 2.19. The molecule has 0 amide bonds. The fourth-order valence-electron chi connectivity index (χ4n) is 1.12. The van der Waals surface area contributed by atoms with Gasteiger partial charge in [-0.3, -0.25) is 9.79 Å². The molecule has 1 aromatic rings. The first-order chi connectivity index (χ1) is 5.90. The molecule has 1 aromatic heterocycles. The second kappa shape index (κ2) is 2.77. The van der Waals surface area contributed by atoms with E-state index in [1.807, 2.05) is 0 Å². The van der Waals surface area contributed by atoms with E-state index in [4.69, 9.17) is 0 Å². The first-order valence-corrected chi connectivity index (χ1v) is 3.59. The summed E-state index contributed by atoms with van der Waals surface area (Å²) >= 11 is 0. The van der Waals surface area contributed by atoms with Crippen molar-refractivity contribution in [1.82, 2.24) is 15.3 Å². The summed E-state index contributed by atoms with van der Waals surface area (Å²) in [5.74, 6) is 1.05. The quantitative estimate of drug-likeness (QED) is 0.621. The number of rotatable bonds is 2. The molecule has 1 aliphatic rings. The lowest BCUT2D eigenvalue weighted by Gasteiger charge is -1.99. The highest BCUT2D eigenvalue weighted by Crippen LogP contribution is 2.14. The van der Waals surface area contributed by atoms with Crippen LogP contribution in [0.3, 0.4) is 0 Å². The van der Waals surface area contributed by atoms with Gasteiger partial charge in [0.1, 0.15) is 11.9 Å². The van der Waals surface area contributed by atoms with Gasteiger partial charge < -0.3 is 10.3 Å². The van der Waals surface area contributed by atoms with E-state index < -0.39 is 0 Å². The molecule has 0 bridgehead atoms. The lowest BCUT2D eigenvalue weighted by Crippen LogP contribution is -2.19. The monoisotopic (exact) mass is 163 g/mol. The van der Waals surface area contributed by atoms with Gasteiger partial charge in [0.2, 0.25) is 0 Å². The third kappa shape index (κ3) is 1.09. The maximum Gasteiger partial charge on any atom is 0.271 e. The Labute approximate surface area is 68.9 Å². The largest absolute Gasteiger partial charge is 0.364 e. The number of amidine groups is 1. The number of nitrogens with zero attached hydrogens (tertiary/aromatic N) is 2. The van der Waals surface area contributed by atoms with Crippen molar-refractivity contribution in [3.05, 3.63) is 18.2 Å². The van der Waals surface area contributed by atoms with Crippen LogP contribution in [0, 0.1) is 0 Å². The molecule has 1 atom stereocenters. The predicted octanol–water partition coefficient (Wildman–Crippen LogP) is -0.438. The Kier molecular flexibility index (Phi) is 1.62. The fraction of sp³-hybridized carbons (Fsp3) is 0.286. The summed E-state index contributed by atoms with van der Waals surface area (Å²) in [5.41, 5.74) is 0. The second-order valence-electron chi connectivity index (χ2n) is 2.45. The Bertz CT molecular complexity index is 303. The Morgan fingerprint density at radius 2 is 2.58 bits per heavy atom. The van der Waals surface area contributed by atoms with E-state index >= 15 is 0 Å². The van der Waals surface area contributed by atoms with Gasteiger partial charge in [-0.1, -0.05) is 0 Å². The molecule has 61 valence electrons. The first-order valence-electron chi connectivity index (χ1n) is 3.59. The van der Waals surface area contributed by atoms with Crippen LogP contribution in [0.1, 0.15) is 11.9 Å². The summed E-state index contributed by atoms with van der Waals surface area (Å²) in [4.78, 5) is 21.2. The number of aliphatic imine (C=N–C) groups is 1. The molecule has 2 rings (SSSR count). The van der Waals surface area contributed by atoms with Crippen molar-refractivity contribution in [2.45, 2.75) is 6.04 Å². The Morgan fingerprint density at radius 3 is 3.17 bits per heavy atom. The molecule has 2 heterocycles. The normalized spacial score (nSPS) is 21.7. The molecule has 0 spiro atoms. The summed E-state index contributed by atoms with van der Waals surface area (Å²) in [7, 11) is 0. The zero-order chi connectivity index (χ0) is 8.39. The topological polar surface area (TPSA) is 70.1 Å². The highest BCUT2D eigenvalue weighted by molar-refractivity contribution is 6.27. The SMILES string of the molecule is O=[C]C1=NC(c2ncc[nH]2)CN1. The third-order valence-electron chi connectivity index (χ3n) is 1.68. The van der Waals surface area contributed by atoms with Gasteiger partial charge in [0, 0.05) is 18.9 Å². The van der Waals surface area contributed by atoms with Gasteiger partial charge in [0.25, 0.3) is 6.29 Å². The Balaban J connectivity index is 2.18. The molecule has 1 radical (unpaired) electrons. The molecule has 0 aromatic carbocycles. The van der Waals surface area contributed by atoms with E-state index in [2.05, 4.69) is 20.3 Å². The summed E-state index contributed by atoms with van der Waals surface area (Å²) < 4.78 is 0. The summed E-state index contributed by atoms with van der Waals surface area (Å²) in [6.07, 6.45) is 5.09. The molecule has 5 nitrogen and oxygen atoms in total. The number of H-pyrrole nitrogens is 1. The number of hydrogen-bond acceptors (Lipinski definition) is 4. The van der Waals surface area contributed by atoms with Gasteiger partial charge in [-0.05, 0) is 0 Å². The van der Waals surface area contributed by atoms with Gasteiger partial charge in [0.15, 0.2) is 5.84 Å². The van der Waals surface area contributed by atoms with E-state index in [-0.39, 0.29) is 11.9 Å². The minimum Gasteiger partial charge on any atom is -0.364 e. The predicted molar refractivity (Wildman–Crippen MR) is 42.5 cm³/mol. The van der Waals surface area contributed by atoms with Crippen molar-refractivity contribution < 1.29 is 4.79 Å². The zero-order valence-electron chi connectivity index (χ0n) is 6.24. The number of carbonyl (C=O) groups excluding carboxylic acids is 1. The van der Waals surface area contributed by atoms with Gasteiger partial charge in [-0.2, -0.15) is 0 Å². The van der Waals surface area contributed by atoms with E-state index in [0.717, 1.165) is 5.82 Å². The van der Waals surface area contributed by atoms with Gasteiger partial charge >= 0.3 is 0 Å². The molecule has 5 heteroatoms. The molecule has 1 aliphatic heterocycles. The Hall–Kier alpha value is -1.65. The number of imidazole rings is 1.